The van der Waals surface area contributed by atoms with Crippen molar-refractivity contribution in [2.24, 2.45) is 16.7 Å². The van der Waals surface area contributed by atoms with Gasteiger partial charge in [0.2, 0.25) is 0 Å². The number of hydrogen-bond donors (Lipinski definition) is 1. The molecule has 0 spiro atoms. The van der Waals surface area contributed by atoms with E-state index in [0.717, 1.165) is 49.7 Å². The summed E-state index contributed by atoms with van der Waals surface area (Å²) in [4.78, 5) is 13.4. The van der Waals surface area contributed by atoms with Crippen LogP contribution in [0.15, 0.2) is 59.2 Å². The zero-order valence-electron chi connectivity index (χ0n) is 16.3. The molecule has 27 heavy (non-hydrogen) atoms. The van der Waals surface area contributed by atoms with Crippen molar-refractivity contribution in [3.8, 4) is 0 Å². The molecule has 140 valence electrons. The molecule has 0 bridgehead atoms. The predicted molar refractivity (Wildman–Crippen MR) is 108 cm³/mol. The summed E-state index contributed by atoms with van der Waals surface area (Å²) in [7, 11) is 0. The number of ketones is 1. The molecule has 1 aromatic rings. The Labute approximate surface area is 161 Å². The summed E-state index contributed by atoms with van der Waals surface area (Å²) < 4.78 is 0. The molecule has 0 radical (unpaired) electrons. The first-order chi connectivity index (χ1) is 12.9. The minimum Gasteiger partial charge on any atom is -0.393 e. The van der Waals surface area contributed by atoms with Crippen molar-refractivity contribution in [3.63, 3.8) is 0 Å². The van der Waals surface area contributed by atoms with Crippen LogP contribution >= 0.6 is 0 Å². The number of aliphatic hydroxyl groups excluding tert-OH is 1. The van der Waals surface area contributed by atoms with E-state index in [9.17, 15) is 9.90 Å². The number of rotatable bonds is 1. The molecule has 4 aliphatic rings. The van der Waals surface area contributed by atoms with Gasteiger partial charge in [-0.15, -0.1) is 0 Å². The van der Waals surface area contributed by atoms with Crippen molar-refractivity contribution in [3.05, 3.63) is 64.8 Å². The second-order valence-electron chi connectivity index (χ2n) is 9.36. The Morgan fingerprint density at radius 1 is 1.07 bits per heavy atom. The van der Waals surface area contributed by atoms with E-state index in [2.05, 4.69) is 38.1 Å². The summed E-state index contributed by atoms with van der Waals surface area (Å²) in [6.45, 7) is 4.56. The van der Waals surface area contributed by atoms with Crippen LogP contribution in [-0.2, 0) is 4.79 Å². The van der Waals surface area contributed by atoms with Crippen LogP contribution < -0.4 is 0 Å². The SMILES string of the molecule is C[C@]12CC[C@H]3C(=C1C=C(c1ccccc1)C2=O)CC=C1C[C@@H](O)CC[C@@]13C. The van der Waals surface area contributed by atoms with E-state index in [1.54, 1.807) is 0 Å². The fourth-order valence-corrected chi connectivity index (χ4v) is 6.23. The van der Waals surface area contributed by atoms with Crippen molar-refractivity contribution in [2.75, 3.05) is 0 Å². The van der Waals surface area contributed by atoms with Crippen LogP contribution in [0.1, 0.15) is 57.9 Å². The molecule has 4 aliphatic carbocycles. The lowest BCUT2D eigenvalue weighted by Crippen LogP contribution is -2.43. The summed E-state index contributed by atoms with van der Waals surface area (Å²) >= 11 is 0. The van der Waals surface area contributed by atoms with Gasteiger partial charge in [-0.1, -0.05) is 54.5 Å². The highest BCUT2D eigenvalue weighted by Gasteiger charge is 2.53. The van der Waals surface area contributed by atoms with E-state index in [-0.39, 0.29) is 16.9 Å². The Balaban J connectivity index is 1.64. The molecule has 0 unspecified atom stereocenters. The van der Waals surface area contributed by atoms with Gasteiger partial charge in [-0.2, -0.15) is 0 Å². The molecule has 0 aliphatic heterocycles. The summed E-state index contributed by atoms with van der Waals surface area (Å²) in [5, 5.41) is 10.1. The van der Waals surface area contributed by atoms with Gasteiger partial charge in [-0.3, -0.25) is 4.79 Å². The van der Waals surface area contributed by atoms with Crippen LogP contribution in [0.3, 0.4) is 0 Å². The Kier molecular flexibility index (Phi) is 3.68. The van der Waals surface area contributed by atoms with Gasteiger partial charge in [0, 0.05) is 5.57 Å². The topological polar surface area (TPSA) is 37.3 Å². The lowest BCUT2D eigenvalue weighted by Gasteiger charge is -2.51. The first-order valence-electron chi connectivity index (χ1n) is 10.4. The molecule has 1 N–H and O–H groups in total. The van der Waals surface area contributed by atoms with Crippen LogP contribution in [0, 0.1) is 16.7 Å². The molecule has 5 rings (SSSR count). The second kappa shape index (κ2) is 5.78. The standard InChI is InChI=1S/C25H28O2/c1-24-12-10-18(26)14-17(24)8-9-19-21(24)11-13-25(2)22(19)15-20(23(25)27)16-6-4-3-5-7-16/h3-8,15,18,21,26H,9-14H2,1-2H3/t18-,21-,24-,25-/m0/s1. The molecular weight excluding hydrogens is 332 g/mol. The number of benzene rings is 1. The van der Waals surface area contributed by atoms with Gasteiger partial charge >= 0.3 is 0 Å². The highest BCUT2D eigenvalue weighted by molar-refractivity contribution is 6.28. The van der Waals surface area contributed by atoms with Gasteiger partial charge < -0.3 is 5.11 Å². The van der Waals surface area contributed by atoms with Gasteiger partial charge in [0.05, 0.1) is 11.5 Å². The maximum absolute atomic E-state index is 13.4. The molecule has 2 nitrogen and oxygen atoms in total. The van der Waals surface area contributed by atoms with Crippen molar-refractivity contribution in [1.29, 1.82) is 0 Å². The van der Waals surface area contributed by atoms with Crippen LogP contribution in [0.5, 0.6) is 0 Å². The average Bonchev–Trinajstić information content (AvgIpc) is 2.94. The molecule has 1 saturated carbocycles. The number of carbonyl (C=O) groups is 1. The van der Waals surface area contributed by atoms with Crippen LogP contribution in [0.4, 0.5) is 0 Å². The van der Waals surface area contributed by atoms with E-state index in [0.29, 0.717) is 11.7 Å². The number of fused-ring (bicyclic) bond motifs is 4. The molecule has 2 heteroatoms. The fraction of sp³-hybridized carbons (Fsp3) is 0.480. The van der Waals surface area contributed by atoms with Crippen molar-refractivity contribution in [2.45, 2.75) is 58.5 Å². The monoisotopic (exact) mass is 360 g/mol. The lowest BCUT2D eigenvalue weighted by atomic mass is 9.53. The highest BCUT2D eigenvalue weighted by atomic mass is 16.3. The van der Waals surface area contributed by atoms with E-state index in [1.807, 2.05) is 18.2 Å². The molecule has 0 saturated heterocycles. The minimum atomic E-state index is -0.354. The Hall–Kier alpha value is -1.93. The van der Waals surface area contributed by atoms with Gasteiger partial charge in [-0.25, -0.2) is 0 Å². The first-order valence-corrected chi connectivity index (χ1v) is 10.4. The zero-order chi connectivity index (χ0) is 18.8. The molecular formula is C25H28O2. The van der Waals surface area contributed by atoms with Gasteiger partial charge in [-0.05, 0) is 74.0 Å². The van der Waals surface area contributed by atoms with Gasteiger partial charge in [0.25, 0.3) is 0 Å². The Morgan fingerprint density at radius 3 is 2.63 bits per heavy atom. The first kappa shape index (κ1) is 17.2. The zero-order valence-corrected chi connectivity index (χ0v) is 16.3. The third-order valence-corrected chi connectivity index (χ3v) is 7.94. The molecule has 1 aromatic carbocycles. The summed E-state index contributed by atoms with van der Waals surface area (Å²) in [5.74, 6) is 0.820. The largest absolute Gasteiger partial charge is 0.393 e. The smallest absolute Gasteiger partial charge is 0.173 e. The minimum absolute atomic E-state index is 0.160. The predicted octanol–water partition coefficient (Wildman–Crippen LogP) is 5.25. The quantitative estimate of drug-likeness (QED) is 0.695. The summed E-state index contributed by atoms with van der Waals surface area (Å²) in [6.07, 6.45) is 10.1. The summed E-state index contributed by atoms with van der Waals surface area (Å²) in [5.41, 5.74) is 5.98. The van der Waals surface area contributed by atoms with Crippen molar-refractivity contribution in [1.82, 2.24) is 0 Å². The summed E-state index contributed by atoms with van der Waals surface area (Å²) in [6, 6.07) is 10.1. The average molecular weight is 360 g/mol. The van der Waals surface area contributed by atoms with Crippen molar-refractivity contribution >= 4 is 11.4 Å². The van der Waals surface area contributed by atoms with Gasteiger partial charge in [0.15, 0.2) is 5.78 Å². The van der Waals surface area contributed by atoms with E-state index in [1.165, 1.54) is 16.7 Å². The van der Waals surface area contributed by atoms with Crippen LogP contribution in [0.25, 0.3) is 5.57 Å². The number of allylic oxidation sites excluding steroid dienone is 5. The molecule has 0 heterocycles. The van der Waals surface area contributed by atoms with E-state index in [4.69, 9.17) is 0 Å². The van der Waals surface area contributed by atoms with Crippen molar-refractivity contribution < 1.29 is 9.90 Å². The highest BCUT2D eigenvalue weighted by Crippen LogP contribution is 2.61. The number of carbonyl (C=O) groups excluding carboxylic acids is 1. The van der Waals surface area contributed by atoms with E-state index >= 15 is 0 Å². The molecule has 0 amide bonds. The second-order valence-corrected chi connectivity index (χ2v) is 9.36. The number of hydrogen-bond acceptors (Lipinski definition) is 2. The maximum atomic E-state index is 13.4. The number of Topliss-reactive ketones (excluding diaryl/α,β-unsaturated/α-hetero) is 1. The third kappa shape index (κ3) is 2.32. The van der Waals surface area contributed by atoms with Crippen LogP contribution in [0.2, 0.25) is 0 Å². The molecule has 0 aromatic heterocycles. The normalized spacial score (nSPS) is 38.0. The van der Waals surface area contributed by atoms with E-state index < -0.39 is 0 Å². The maximum Gasteiger partial charge on any atom is 0.173 e. The fourth-order valence-electron chi connectivity index (χ4n) is 6.23. The Bertz CT molecular complexity index is 904. The lowest BCUT2D eigenvalue weighted by molar-refractivity contribution is -0.120. The number of aliphatic hydroxyl groups is 1. The molecule has 1 fully saturated rings. The van der Waals surface area contributed by atoms with Crippen LogP contribution in [-0.4, -0.2) is 17.0 Å². The molecule has 4 atom stereocenters. The third-order valence-electron chi connectivity index (χ3n) is 7.94. The van der Waals surface area contributed by atoms with Gasteiger partial charge in [0.1, 0.15) is 0 Å². The Morgan fingerprint density at radius 2 is 1.85 bits per heavy atom.